The highest BCUT2D eigenvalue weighted by Gasteiger charge is 2.47. The van der Waals surface area contributed by atoms with Crippen LogP contribution in [0.4, 0.5) is 0 Å². The van der Waals surface area contributed by atoms with Crippen molar-refractivity contribution in [3.05, 3.63) is 24.0 Å². The van der Waals surface area contributed by atoms with Crippen molar-refractivity contribution in [2.45, 2.75) is 25.7 Å². The molecule has 0 bridgehead atoms. The number of nitrogens with zero attached hydrogens (tertiary/aromatic N) is 2. The number of nitrogens with one attached hydrogen (secondary N) is 1. The van der Waals surface area contributed by atoms with E-state index in [-0.39, 0.29) is 17.7 Å². The summed E-state index contributed by atoms with van der Waals surface area (Å²) in [6.45, 7) is 3.21. The summed E-state index contributed by atoms with van der Waals surface area (Å²) in [5.74, 6) is 1.65. The van der Waals surface area contributed by atoms with Gasteiger partial charge >= 0.3 is 0 Å². The van der Waals surface area contributed by atoms with E-state index in [0.29, 0.717) is 18.9 Å². The quantitative estimate of drug-likeness (QED) is 0.890. The second-order valence-corrected chi connectivity index (χ2v) is 7.05. The lowest BCUT2D eigenvalue weighted by molar-refractivity contribution is -0.133. The molecular formula is C17H23N3O2. The van der Waals surface area contributed by atoms with Crippen molar-refractivity contribution < 1.29 is 9.59 Å². The van der Waals surface area contributed by atoms with Crippen LogP contribution in [0.25, 0.3) is 0 Å². The van der Waals surface area contributed by atoms with Crippen LogP contribution < -0.4 is 0 Å². The highest BCUT2D eigenvalue weighted by molar-refractivity contribution is 5.84. The number of amides is 2. The van der Waals surface area contributed by atoms with Gasteiger partial charge in [-0.15, -0.1) is 0 Å². The van der Waals surface area contributed by atoms with E-state index in [1.807, 2.05) is 28.1 Å². The summed E-state index contributed by atoms with van der Waals surface area (Å²) >= 11 is 0. The molecule has 118 valence electrons. The molecule has 1 aromatic rings. The molecule has 5 heteroatoms. The fourth-order valence-corrected chi connectivity index (χ4v) is 3.85. The molecule has 0 radical (unpaired) electrons. The molecule has 1 N–H and O–H groups in total. The van der Waals surface area contributed by atoms with Gasteiger partial charge in [0.1, 0.15) is 0 Å². The smallest absolute Gasteiger partial charge is 0.227 e. The van der Waals surface area contributed by atoms with Crippen LogP contribution >= 0.6 is 0 Å². The molecule has 1 aromatic heterocycles. The van der Waals surface area contributed by atoms with Crippen molar-refractivity contribution in [1.29, 1.82) is 0 Å². The molecule has 2 atom stereocenters. The van der Waals surface area contributed by atoms with Crippen LogP contribution in [0.1, 0.15) is 25.0 Å². The van der Waals surface area contributed by atoms with Crippen LogP contribution in [0.5, 0.6) is 0 Å². The van der Waals surface area contributed by atoms with Gasteiger partial charge in [0.2, 0.25) is 11.8 Å². The maximum Gasteiger partial charge on any atom is 0.227 e. The van der Waals surface area contributed by atoms with Crippen LogP contribution in [0.2, 0.25) is 0 Å². The van der Waals surface area contributed by atoms with Crippen molar-refractivity contribution in [2.75, 3.05) is 26.2 Å². The molecule has 3 aliphatic rings. The lowest BCUT2D eigenvalue weighted by atomic mass is 10.0. The summed E-state index contributed by atoms with van der Waals surface area (Å²) in [6.07, 6.45) is 5.72. The lowest BCUT2D eigenvalue weighted by Crippen LogP contribution is -2.36. The Balaban J connectivity index is 1.30. The predicted octanol–water partition coefficient (Wildman–Crippen LogP) is 1.27. The van der Waals surface area contributed by atoms with Crippen LogP contribution in [0.15, 0.2) is 18.3 Å². The van der Waals surface area contributed by atoms with Gasteiger partial charge in [-0.3, -0.25) is 9.59 Å². The zero-order valence-corrected chi connectivity index (χ0v) is 12.8. The zero-order valence-electron chi connectivity index (χ0n) is 12.8. The maximum absolute atomic E-state index is 12.4. The molecule has 3 fully saturated rings. The van der Waals surface area contributed by atoms with Crippen LogP contribution in [0.3, 0.4) is 0 Å². The minimum atomic E-state index is 0.0631. The molecule has 0 spiro atoms. The zero-order chi connectivity index (χ0) is 15.1. The van der Waals surface area contributed by atoms with Gasteiger partial charge in [-0.25, -0.2) is 0 Å². The molecule has 1 aliphatic carbocycles. The molecule has 2 saturated heterocycles. The fraction of sp³-hybridized carbons (Fsp3) is 0.647. The van der Waals surface area contributed by atoms with Crippen molar-refractivity contribution >= 4 is 11.8 Å². The third kappa shape index (κ3) is 2.64. The van der Waals surface area contributed by atoms with E-state index in [9.17, 15) is 9.59 Å². The first-order valence-corrected chi connectivity index (χ1v) is 8.39. The van der Waals surface area contributed by atoms with Gasteiger partial charge in [0.25, 0.3) is 0 Å². The Morgan fingerprint density at radius 1 is 1.27 bits per heavy atom. The Morgan fingerprint density at radius 3 is 2.82 bits per heavy atom. The number of H-pyrrole nitrogens is 1. The second-order valence-electron chi connectivity index (χ2n) is 7.05. The van der Waals surface area contributed by atoms with E-state index in [0.717, 1.165) is 37.7 Å². The Morgan fingerprint density at radius 2 is 2.14 bits per heavy atom. The molecule has 22 heavy (non-hydrogen) atoms. The molecule has 4 rings (SSSR count). The summed E-state index contributed by atoms with van der Waals surface area (Å²) in [7, 11) is 0. The van der Waals surface area contributed by atoms with E-state index in [1.54, 1.807) is 0 Å². The number of hydrogen-bond acceptors (Lipinski definition) is 2. The average molecular weight is 301 g/mol. The molecule has 2 amide bonds. The minimum Gasteiger partial charge on any atom is -0.365 e. The number of carbonyl (C=O) groups is 2. The Kier molecular flexibility index (Phi) is 3.43. The average Bonchev–Trinajstić information content (AvgIpc) is 2.92. The summed E-state index contributed by atoms with van der Waals surface area (Å²) in [5, 5.41) is 0. The van der Waals surface area contributed by atoms with E-state index in [1.165, 1.54) is 12.8 Å². The van der Waals surface area contributed by atoms with Gasteiger partial charge in [0.15, 0.2) is 0 Å². The Labute approximate surface area is 130 Å². The van der Waals surface area contributed by atoms with Crippen molar-refractivity contribution in [2.24, 2.45) is 17.8 Å². The van der Waals surface area contributed by atoms with E-state index in [4.69, 9.17) is 0 Å². The third-order valence-corrected chi connectivity index (χ3v) is 5.32. The summed E-state index contributed by atoms with van der Waals surface area (Å²) in [5.41, 5.74) is 1.10. The monoisotopic (exact) mass is 301 g/mol. The van der Waals surface area contributed by atoms with Crippen molar-refractivity contribution in [1.82, 2.24) is 14.8 Å². The number of likely N-dealkylation sites (tertiary alicyclic amines) is 2. The first-order valence-electron chi connectivity index (χ1n) is 8.39. The number of carbonyl (C=O) groups excluding carboxylic acids is 2. The minimum absolute atomic E-state index is 0.0631. The fourth-order valence-electron chi connectivity index (χ4n) is 3.85. The third-order valence-electron chi connectivity index (χ3n) is 5.32. The SMILES string of the molecule is O=C(CCc1ccc[nH]1)N1C[C@H]2CN(CC3CC3)C(=O)[C@H]2C1. The number of aromatic amines is 1. The number of aromatic nitrogens is 1. The van der Waals surface area contributed by atoms with E-state index in [2.05, 4.69) is 4.98 Å². The number of aryl methyl sites for hydroxylation is 1. The van der Waals surface area contributed by atoms with Gasteiger partial charge in [-0.05, 0) is 37.3 Å². The Hall–Kier alpha value is -1.78. The van der Waals surface area contributed by atoms with Crippen molar-refractivity contribution in [3.8, 4) is 0 Å². The molecule has 5 nitrogen and oxygen atoms in total. The number of hydrogen-bond donors (Lipinski definition) is 1. The van der Waals surface area contributed by atoms with Gasteiger partial charge in [-0.2, -0.15) is 0 Å². The Bertz CT molecular complexity index is 564. The first kappa shape index (κ1) is 13.9. The van der Waals surface area contributed by atoms with Crippen LogP contribution in [0, 0.1) is 17.8 Å². The second kappa shape index (κ2) is 5.45. The standard InChI is InChI=1S/C17H23N3O2/c21-16(6-5-14-2-1-7-18-14)19-9-13-10-20(8-12-3-4-12)17(22)15(13)11-19/h1-2,7,12-13,15,18H,3-6,8-11H2/t13-,15-/m0/s1. The molecule has 1 saturated carbocycles. The normalized spacial score (nSPS) is 27.5. The number of fused-ring (bicyclic) bond motifs is 1. The highest BCUT2D eigenvalue weighted by Crippen LogP contribution is 2.36. The maximum atomic E-state index is 12.4. The summed E-state index contributed by atoms with van der Waals surface area (Å²) in [6, 6.07) is 3.96. The first-order chi connectivity index (χ1) is 10.7. The molecule has 2 aliphatic heterocycles. The van der Waals surface area contributed by atoms with Gasteiger partial charge < -0.3 is 14.8 Å². The van der Waals surface area contributed by atoms with E-state index < -0.39 is 0 Å². The molecular weight excluding hydrogens is 278 g/mol. The number of rotatable bonds is 5. The highest BCUT2D eigenvalue weighted by atomic mass is 16.2. The van der Waals surface area contributed by atoms with Crippen LogP contribution in [-0.4, -0.2) is 52.8 Å². The van der Waals surface area contributed by atoms with Gasteiger partial charge in [0.05, 0.1) is 5.92 Å². The van der Waals surface area contributed by atoms with E-state index >= 15 is 0 Å². The lowest BCUT2D eigenvalue weighted by Gasteiger charge is -2.21. The largest absolute Gasteiger partial charge is 0.365 e. The van der Waals surface area contributed by atoms with Crippen LogP contribution in [-0.2, 0) is 16.0 Å². The van der Waals surface area contributed by atoms with Gasteiger partial charge in [-0.1, -0.05) is 0 Å². The summed E-state index contributed by atoms with van der Waals surface area (Å²) in [4.78, 5) is 31.9. The predicted molar refractivity (Wildman–Crippen MR) is 82.0 cm³/mol. The van der Waals surface area contributed by atoms with Gasteiger partial charge in [0, 0.05) is 50.4 Å². The van der Waals surface area contributed by atoms with Crippen molar-refractivity contribution in [3.63, 3.8) is 0 Å². The molecule has 0 aromatic carbocycles. The topological polar surface area (TPSA) is 56.4 Å². The summed E-state index contributed by atoms with van der Waals surface area (Å²) < 4.78 is 0. The molecule has 0 unspecified atom stereocenters. The molecule has 3 heterocycles.